The van der Waals surface area contributed by atoms with Crippen LogP contribution in [0.1, 0.15) is 29.8 Å². The fourth-order valence-corrected chi connectivity index (χ4v) is 3.49. The Morgan fingerprint density at radius 1 is 1.12 bits per heavy atom. The maximum Gasteiger partial charge on any atom is 0.222 e. The molecular formula is C17H17Cl2N3O3. The molecule has 132 valence electrons. The molecular weight excluding hydrogens is 365 g/mol. The molecule has 3 rings (SSSR count). The minimum absolute atomic E-state index is 0.00124. The molecule has 25 heavy (non-hydrogen) atoms. The van der Waals surface area contributed by atoms with Crippen LogP contribution in [0.25, 0.3) is 0 Å². The van der Waals surface area contributed by atoms with Crippen LogP contribution >= 0.6 is 23.2 Å². The van der Waals surface area contributed by atoms with Crippen molar-refractivity contribution >= 4 is 29.1 Å². The molecule has 0 atom stereocenters. The Kier molecular flexibility index (Phi) is 5.30. The van der Waals surface area contributed by atoms with Gasteiger partial charge < -0.3 is 15.1 Å². The van der Waals surface area contributed by atoms with Gasteiger partial charge in [0.15, 0.2) is 11.5 Å². The zero-order valence-electron chi connectivity index (χ0n) is 13.4. The average molecular weight is 382 g/mol. The molecule has 1 aromatic heterocycles. The van der Waals surface area contributed by atoms with Gasteiger partial charge in [-0.3, -0.25) is 4.79 Å². The Hall–Kier alpha value is -2.05. The van der Waals surface area contributed by atoms with Crippen molar-refractivity contribution in [2.24, 2.45) is 0 Å². The molecule has 0 aliphatic carbocycles. The molecule has 2 aromatic rings. The molecule has 8 heteroatoms. The summed E-state index contributed by atoms with van der Waals surface area (Å²) in [4.78, 5) is 22.4. The van der Waals surface area contributed by atoms with Gasteiger partial charge in [-0.05, 0) is 30.0 Å². The molecule has 0 spiro atoms. The lowest BCUT2D eigenvalue weighted by molar-refractivity contribution is -0.132. The lowest BCUT2D eigenvalue weighted by atomic mass is 9.98. The largest absolute Gasteiger partial charge is 0.503 e. The summed E-state index contributed by atoms with van der Waals surface area (Å²) in [5.41, 5.74) is 1.27. The number of nitrogens with zero attached hydrogens (tertiary/aromatic N) is 3. The SMILES string of the molecule is O=C(CCCc1ncccn1)N1CCc2c(Cl)c(O)c(O)c(Cl)c2C1. The maximum absolute atomic E-state index is 12.4. The van der Waals surface area contributed by atoms with Gasteiger partial charge in [-0.15, -0.1) is 0 Å². The van der Waals surface area contributed by atoms with Gasteiger partial charge in [0.25, 0.3) is 0 Å². The third kappa shape index (κ3) is 3.65. The van der Waals surface area contributed by atoms with Crippen molar-refractivity contribution in [2.45, 2.75) is 32.2 Å². The minimum Gasteiger partial charge on any atom is -0.503 e. The Labute approximate surface area is 155 Å². The van der Waals surface area contributed by atoms with Crippen LogP contribution < -0.4 is 0 Å². The molecule has 0 fully saturated rings. The molecule has 1 aliphatic heterocycles. The van der Waals surface area contributed by atoms with E-state index in [9.17, 15) is 15.0 Å². The fourth-order valence-electron chi connectivity index (χ4n) is 2.93. The number of fused-ring (bicyclic) bond motifs is 1. The van der Waals surface area contributed by atoms with Crippen molar-refractivity contribution < 1.29 is 15.0 Å². The van der Waals surface area contributed by atoms with Crippen LogP contribution in [0, 0.1) is 0 Å². The van der Waals surface area contributed by atoms with Crippen molar-refractivity contribution in [3.8, 4) is 11.5 Å². The number of aryl methyl sites for hydroxylation is 1. The number of aromatic nitrogens is 2. The van der Waals surface area contributed by atoms with Gasteiger partial charge in [-0.1, -0.05) is 23.2 Å². The van der Waals surface area contributed by atoms with E-state index in [1.807, 2.05) is 0 Å². The van der Waals surface area contributed by atoms with E-state index in [0.717, 1.165) is 5.82 Å². The van der Waals surface area contributed by atoms with Crippen LogP contribution in [-0.4, -0.2) is 37.5 Å². The normalized spacial score (nSPS) is 13.6. The van der Waals surface area contributed by atoms with E-state index in [2.05, 4.69) is 9.97 Å². The van der Waals surface area contributed by atoms with Crippen LogP contribution in [0.3, 0.4) is 0 Å². The quantitative estimate of drug-likeness (QED) is 0.794. The highest BCUT2D eigenvalue weighted by atomic mass is 35.5. The molecule has 1 aliphatic rings. The number of amides is 1. The highest BCUT2D eigenvalue weighted by molar-refractivity contribution is 6.36. The van der Waals surface area contributed by atoms with Crippen LogP contribution in [0.4, 0.5) is 0 Å². The highest BCUT2D eigenvalue weighted by Crippen LogP contribution is 2.46. The number of hydrogen-bond donors (Lipinski definition) is 2. The topological polar surface area (TPSA) is 86.6 Å². The van der Waals surface area contributed by atoms with Gasteiger partial charge >= 0.3 is 0 Å². The molecule has 0 unspecified atom stereocenters. The van der Waals surface area contributed by atoms with Crippen molar-refractivity contribution in [1.29, 1.82) is 0 Å². The first-order chi connectivity index (χ1) is 12.0. The number of carbonyl (C=O) groups is 1. The number of phenols is 2. The van der Waals surface area contributed by atoms with Gasteiger partial charge in [-0.25, -0.2) is 9.97 Å². The molecule has 2 N–H and O–H groups in total. The monoisotopic (exact) mass is 381 g/mol. The second-order valence-corrected chi connectivity index (χ2v) is 6.62. The van der Waals surface area contributed by atoms with E-state index in [1.165, 1.54) is 0 Å². The maximum atomic E-state index is 12.4. The molecule has 0 saturated heterocycles. The molecule has 6 nitrogen and oxygen atoms in total. The smallest absolute Gasteiger partial charge is 0.222 e. The Morgan fingerprint density at radius 2 is 1.76 bits per heavy atom. The summed E-state index contributed by atoms with van der Waals surface area (Å²) in [6.45, 7) is 0.760. The second kappa shape index (κ2) is 7.45. The minimum atomic E-state index is -0.444. The third-order valence-electron chi connectivity index (χ3n) is 4.28. The van der Waals surface area contributed by atoms with Crippen molar-refractivity contribution in [3.63, 3.8) is 0 Å². The first kappa shape index (κ1) is 17.8. The zero-order chi connectivity index (χ0) is 18.0. The highest BCUT2D eigenvalue weighted by Gasteiger charge is 2.28. The number of benzene rings is 1. The third-order valence-corrected chi connectivity index (χ3v) is 5.09. The van der Waals surface area contributed by atoms with Crippen LogP contribution in [0.5, 0.6) is 11.5 Å². The summed E-state index contributed by atoms with van der Waals surface area (Å²) in [6.07, 6.45) is 5.51. The summed E-state index contributed by atoms with van der Waals surface area (Å²) >= 11 is 12.2. The van der Waals surface area contributed by atoms with E-state index < -0.39 is 11.5 Å². The number of carbonyl (C=O) groups excluding carboxylic acids is 1. The summed E-state index contributed by atoms with van der Waals surface area (Å²) in [6, 6.07) is 1.75. The molecule has 1 aromatic carbocycles. The lowest BCUT2D eigenvalue weighted by Crippen LogP contribution is -2.36. The second-order valence-electron chi connectivity index (χ2n) is 5.87. The summed E-state index contributed by atoms with van der Waals surface area (Å²) in [7, 11) is 0. The Balaban J connectivity index is 1.65. The zero-order valence-corrected chi connectivity index (χ0v) is 14.9. The first-order valence-corrected chi connectivity index (χ1v) is 8.69. The van der Waals surface area contributed by atoms with Crippen molar-refractivity contribution in [2.75, 3.05) is 6.54 Å². The van der Waals surface area contributed by atoms with Gasteiger partial charge in [0.05, 0.1) is 10.0 Å². The summed E-state index contributed by atoms with van der Waals surface area (Å²) in [5, 5.41) is 19.8. The molecule has 1 amide bonds. The fraction of sp³-hybridized carbons (Fsp3) is 0.353. The lowest BCUT2D eigenvalue weighted by Gasteiger charge is -2.30. The van der Waals surface area contributed by atoms with E-state index in [0.29, 0.717) is 43.4 Å². The number of rotatable bonds is 4. The van der Waals surface area contributed by atoms with Gasteiger partial charge in [-0.2, -0.15) is 0 Å². The molecule has 2 heterocycles. The Morgan fingerprint density at radius 3 is 2.44 bits per heavy atom. The van der Waals surface area contributed by atoms with Crippen LogP contribution in [-0.2, 0) is 24.2 Å². The number of halogens is 2. The Bertz CT molecular complexity index is 800. The van der Waals surface area contributed by atoms with E-state index in [4.69, 9.17) is 23.2 Å². The predicted molar refractivity (Wildman–Crippen MR) is 93.9 cm³/mol. The van der Waals surface area contributed by atoms with Crippen LogP contribution in [0.15, 0.2) is 18.5 Å². The average Bonchev–Trinajstić information content (AvgIpc) is 2.65. The standard InChI is InChI=1S/C17H17Cl2N3O3/c18-14-10-5-8-22(9-11(10)15(19)17(25)16(14)24)13(23)4-1-3-12-20-6-2-7-21-12/h2,6-7,24-25H,1,3-5,8-9H2. The van der Waals surface area contributed by atoms with Gasteiger partial charge in [0.2, 0.25) is 5.91 Å². The van der Waals surface area contributed by atoms with Crippen LogP contribution in [0.2, 0.25) is 10.0 Å². The van der Waals surface area contributed by atoms with E-state index in [-0.39, 0.29) is 22.5 Å². The molecule has 0 bridgehead atoms. The summed E-state index contributed by atoms with van der Waals surface area (Å²) < 4.78 is 0. The first-order valence-electron chi connectivity index (χ1n) is 7.93. The number of aromatic hydroxyl groups is 2. The molecule has 0 radical (unpaired) electrons. The van der Waals surface area contributed by atoms with Gasteiger partial charge in [0, 0.05) is 38.3 Å². The summed E-state index contributed by atoms with van der Waals surface area (Å²) in [5.74, 6) is -0.134. The van der Waals surface area contributed by atoms with Gasteiger partial charge in [0.1, 0.15) is 5.82 Å². The van der Waals surface area contributed by atoms with Crippen molar-refractivity contribution in [3.05, 3.63) is 45.5 Å². The number of hydrogen-bond acceptors (Lipinski definition) is 5. The van der Waals surface area contributed by atoms with E-state index >= 15 is 0 Å². The van der Waals surface area contributed by atoms with Crippen molar-refractivity contribution in [1.82, 2.24) is 14.9 Å². The molecule has 0 saturated carbocycles. The predicted octanol–water partition coefficient (Wildman–Crippen LogP) is 3.10. The van der Waals surface area contributed by atoms with E-state index in [1.54, 1.807) is 23.4 Å². The number of phenolic OH excluding ortho intramolecular Hbond substituents is 2.